The first-order valence-corrected chi connectivity index (χ1v) is 7.72. The van der Waals surface area contributed by atoms with Gasteiger partial charge in [-0.2, -0.15) is 5.26 Å². The first-order valence-electron chi connectivity index (χ1n) is 6.97. The molecule has 0 aliphatic heterocycles. The summed E-state index contributed by atoms with van der Waals surface area (Å²) < 4.78 is 0. The Morgan fingerprint density at radius 1 is 1.32 bits per heavy atom. The zero-order valence-corrected chi connectivity index (χ0v) is 14.5. The van der Waals surface area contributed by atoms with E-state index in [0.29, 0.717) is 0 Å². The van der Waals surface area contributed by atoms with Crippen molar-refractivity contribution in [2.45, 2.75) is 0 Å². The number of amides is 1. The predicted octanol–water partition coefficient (Wildman–Crippen LogP) is 3.85. The normalized spacial score (nSPS) is 10.0. The third kappa shape index (κ3) is 4.38. The molecule has 0 radical (unpaired) electrons. The van der Waals surface area contributed by atoms with Gasteiger partial charge in [0, 0.05) is 13.1 Å². The molecule has 0 unspecified atom stereocenters. The van der Waals surface area contributed by atoms with Crippen LogP contribution in [0.4, 0.5) is 17.1 Å². The smallest absolute Gasteiger partial charge is 0.293 e. The molecule has 0 spiro atoms. The average Bonchev–Trinajstić information content (AvgIpc) is 2.57. The van der Waals surface area contributed by atoms with E-state index in [2.05, 4.69) is 5.32 Å². The Labute approximate surface area is 153 Å². The summed E-state index contributed by atoms with van der Waals surface area (Å²) in [5.41, 5.74) is 0.393. The Morgan fingerprint density at radius 2 is 1.96 bits per heavy atom. The molecule has 0 saturated carbocycles. The van der Waals surface area contributed by atoms with Crippen molar-refractivity contribution >= 4 is 46.2 Å². The summed E-state index contributed by atoms with van der Waals surface area (Å²) >= 11 is 12.0. The quantitative estimate of drug-likeness (QED) is 0.628. The molecule has 128 valence electrons. The number of nitro groups is 1. The molecule has 2 aromatic rings. The van der Waals surface area contributed by atoms with Gasteiger partial charge in [-0.15, -0.1) is 0 Å². The maximum absolute atomic E-state index is 12.2. The fraction of sp³-hybridized carbons (Fsp3) is 0.125. The van der Waals surface area contributed by atoms with Crippen LogP contribution in [-0.2, 0) is 4.79 Å². The third-order valence-electron chi connectivity index (χ3n) is 3.32. The highest BCUT2D eigenvalue weighted by molar-refractivity contribution is 6.39. The molecule has 9 heteroatoms. The van der Waals surface area contributed by atoms with E-state index < -0.39 is 10.8 Å². The summed E-state index contributed by atoms with van der Waals surface area (Å²) in [5, 5.41) is 23.2. The fourth-order valence-corrected chi connectivity index (χ4v) is 2.65. The molecule has 1 amide bonds. The highest BCUT2D eigenvalue weighted by Gasteiger charge is 2.20. The van der Waals surface area contributed by atoms with Gasteiger partial charge in [-0.05, 0) is 24.3 Å². The van der Waals surface area contributed by atoms with Gasteiger partial charge in [-0.3, -0.25) is 14.9 Å². The predicted molar refractivity (Wildman–Crippen MR) is 96.2 cm³/mol. The van der Waals surface area contributed by atoms with Crippen molar-refractivity contribution in [3.8, 4) is 6.07 Å². The Balaban J connectivity index is 2.19. The van der Waals surface area contributed by atoms with Gasteiger partial charge in [-0.1, -0.05) is 29.3 Å². The molecule has 2 rings (SSSR count). The second-order valence-electron chi connectivity index (χ2n) is 5.07. The van der Waals surface area contributed by atoms with Crippen LogP contribution in [-0.4, -0.2) is 24.4 Å². The van der Waals surface area contributed by atoms with Crippen LogP contribution >= 0.6 is 23.2 Å². The molecule has 0 atom stereocenters. The van der Waals surface area contributed by atoms with Gasteiger partial charge in [0.2, 0.25) is 5.91 Å². The van der Waals surface area contributed by atoms with E-state index in [1.54, 1.807) is 18.2 Å². The number of anilines is 2. The number of benzene rings is 2. The zero-order chi connectivity index (χ0) is 18.6. The van der Waals surface area contributed by atoms with E-state index >= 15 is 0 Å². The van der Waals surface area contributed by atoms with E-state index in [0.717, 1.165) is 6.07 Å². The molecule has 7 nitrogen and oxygen atoms in total. The lowest BCUT2D eigenvalue weighted by Crippen LogP contribution is -2.30. The number of nitriles is 1. The lowest BCUT2D eigenvalue weighted by Gasteiger charge is -2.19. The van der Waals surface area contributed by atoms with Gasteiger partial charge in [0.15, 0.2) is 0 Å². The third-order valence-corrected chi connectivity index (χ3v) is 3.95. The average molecular weight is 379 g/mol. The molecule has 0 heterocycles. The van der Waals surface area contributed by atoms with E-state index in [9.17, 15) is 14.9 Å². The first kappa shape index (κ1) is 18.5. The number of halogens is 2. The number of rotatable bonds is 5. The van der Waals surface area contributed by atoms with Gasteiger partial charge in [0.05, 0.1) is 38.8 Å². The minimum atomic E-state index is -0.602. The first-order chi connectivity index (χ1) is 11.8. The van der Waals surface area contributed by atoms with Crippen LogP contribution in [0.5, 0.6) is 0 Å². The minimum Gasteiger partial charge on any atom is -0.360 e. The van der Waals surface area contributed by atoms with Crippen LogP contribution in [0.15, 0.2) is 36.4 Å². The summed E-state index contributed by atoms with van der Waals surface area (Å²) in [6.45, 7) is -0.172. The zero-order valence-electron chi connectivity index (χ0n) is 13.0. The van der Waals surface area contributed by atoms with Crippen LogP contribution in [0.25, 0.3) is 0 Å². The molecule has 1 N–H and O–H groups in total. The van der Waals surface area contributed by atoms with Gasteiger partial charge >= 0.3 is 0 Å². The Bertz CT molecular complexity index is 860. The summed E-state index contributed by atoms with van der Waals surface area (Å²) in [4.78, 5) is 24.2. The number of para-hydroxylation sites is 1. The number of nitro benzene ring substituents is 1. The molecule has 0 fully saturated rings. The molecule has 0 aliphatic rings. The molecule has 0 saturated heterocycles. The Hall–Kier alpha value is -2.82. The molecule has 2 aromatic carbocycles. The SMILES string of the molecule is CN(CC(=O)Nc1c(Cl)cccc1Cl)c1ccc(C#N)cc1[N+](=O)[O-]. The number of carbonyl (C=O) groups is 1. The van der Waals surface area contributed by atoms with Crippen molar-refractivity contribution in [2.24, 2.45) is 0 Å². The van der Waals surface area contributed by atoms with Crippen LogP contribution < -0.4 is 10.2 Å². The van der Waals surface area contributed by atoms with Crippen LogP contribution in [0, 0.1) is 21.4 Å². The standard InChI is InChI=1S/C16H12Cl2N4O3/c1-21(13-6-5-10(8-19)7-14(13)22(24)25)9-15(23)20-16-11(17)3-2-4-12(16)18/h2-7H,9H2,1H3,(H,20,23). The summed E-state index contributed by atoms with van der Waals surface area (Å²) in [5.74, 6) is -0.448. The number of hydrogen-bond donors (Lipinski definition) is 1. The largest absolute Gasteiger partial charge is 0.360 e. The second kappa shape index (κ2) is 7.83. The molecule has 0 aliphatic carbocycles. The van der Waals surface area contributed by atoms with Crippen LogP contribution in [0.3, 0.4) is 0 Å². The number of carbonyl (C=O) groups excluding carboxylic acids is 1. The molecule has 0 aromatic heterocycles. The van der Waals surface area contributed by atoms with Crippen molar-refractivity contribution in [3.63, 3.8) is 0 Å². The van der Waals surface area contributed by atoms with Crippen LogP contribution in [0.1, 0.15) is 5.56 Å². The fourth-order valence-electron chi connectivity index (χ4n) is 2.16. The van der Waals surface area contributed by atoms with Crippen molar-refractivity contribution < 1.29 is 9.72 Å². The molecule has 25 heavy (non-hydrogen) atoms. The number of nitrogens with zero attached hydrogens (tertiary/aromatic N) is 3. The molecule has 0 bridgehead atoms. The summed E-state index contributed by atoms with van der Waals surface area (Å²) in [7, 11) is 1.53. The maximum Gasteiger partial charge on any atom is 0.293 e. The van der Waals surface area contributed by atoms with Gasteiger partial charge in [0.25, 0.3) is 5.69 Å². The van der Waals surface area contributed by atoms with E-state index in [4.69, 9.17) is 28.5 Å². The van der Waals surface area contributed by atoms with Crippen molar-refractivity contribution in [3.05, 3.63) is 62.1 Å². The minimum absolute atomic E-state index is 0.163. The van der Waals surface area contributed by atoms with Gasteiger partial charge in [-0.25, -0.2) is 0 Å². The highest BCUT2D eigenvalue weighted by atomic mass is 35.5. The number of hydrogen-bond acceptors (Lipinski definition) is 5. The topological polar surface area (TPSA) is 99.3 Å². The Morgan fingerprint density at radius 3 is 2.52 bits per heavy atom. The lowest BCUT2D eigenvalue weighted by molar-refractivity contribution is -0.384. The van der Waals surface area contributed by atoms with E-state index in [1.165, 1.54) is 24.1 Å². The van der Waals surface area contributed by atoms with E-state index in [1.807, 2.05) is 6.07 Å². The van der Waals surface area contributed by atoms with Crippen molar-refractivity contribution in [2.75, 3.05) is 23.8 Å². The van der Waals surface area contributed by atoms with Crippen molar-refractivity contribution in [1.29, 1.82) is 5.26 Å². The maximum atomic E-state index is 12.2. The van der Waals surface area contributed by atoms with Crippen molar-refractivity contribution in [1.82, 2.24) is 0 Å². The lowest BCUT2D eigenvalue weighted by atomic mass is 10.1. The number of likely N-dealkylation sites (N-methyl/N-ethyl adjacent to an activating group) is 1. The molecular formula is C16H12Cl2N4O3. The van der Waals surface area contributed by atoms with E-state index in [-0.39, 0.29) is 39.2 Å². The van der Waals surface area contributed by atoms with Gasteiger partial charge < -0.3 is 10.2 Å². The summed E-state index contributed by atoms with van der Waals surface area (Å²) in [6, 6.07) is 10.7. The highest BCUT2D eigenvalue weighted by Crippen LogP contribution is 2.31. The Kier molecular flexibility index (Phi) is 5.80. The van der Waals surface area contributed by atoms with Crippen LogP contribution in [0.2, 0.25) is 10.0 Å². The monoisotopic (exact) mass is 378 g/mol. The molecular weight excluding hydrogens is 367 g/mol. The number of nitrogens with one attached hydrogen (secondary N) is 1. The summed E-state index contributed by atoms with van der Waals surface area (Å²) in [6.07, 6.45) is 0. The second-order valence-corrected chi connectivity index (χ2v) is 5.89. The van der Waals surface area contributed by atoms with Gasteiger partial charge in [0.1, 0.15) is 5.69 Å².